The van der Waals surface area contributed by atoms with Crippen LogP contribution in [0.4, 0.5) is 0 Å². The number of aliphatic carboxylic acids is 1. The molecule has 2 rings (SSSR count). The van der Waals surface area contributed by atoms with E-state index < -0.39 is 29.2 Å². The van der Waals surface area contributed by atoms with Gasteiger partial charge in [-0.05, 0) is 19.4 Å². The Morgan fingerprint density at radius 3 is 2.37 bits per heavy atom. The van der Waals surface area contributed by atoms with Gasteiger partial charge in [0.05, 0.1) is 5.92 Å². The molecule has 1 aliphatic heterocycles. The lowest BCUT2D eigenvalue weighted by atomic mass is 9.97. The average molecular weight is 261 g/mol. The van der Waals surface area contributed by atoms with Crippen molar-refractivity contribution in [2.24, 2.45) is 0 Å². The number of carbonyl (C=O) groups excluding carboxylic acids is 2. The molecule has 5 nitrogen and oxygen atoms in total. The number of hydrogen-bond acceptors (Lipinski definition) is 3. The smallest absolute Gasteiger partial charge is 0.329 e. The van der Waals surface area contributed by atoms with E-state index in [0.717, 1.165) is 10.5 Å². The summed E-state index contributed by atoms with van der Waals surface area (Å²) in [7, 11) is 0. The molecule has 0 spiro atoms. The van der Waals surface area contributed by atoms with Gasteiger partial charge in [0.2, 0.25) is 11.8 Å². The minimum atomic E-state index is -1.52. The van der Waals surface area contributed by atoms with E-state index in [1.54, 1.807) is 24.3 Å². The highest BCUT2D eigenvalue weighted by Crippen LogP contribution is 2.34. The second kappa shape index (κ2) is 4.50. The normalized spacial score (nSPS) is 19.9. The summed E-state index contributed by atoms with van der Waals surface area (Å²) in [6, 6.07) is 8.94. The summed E-state index contributed by atoms with van der Waals surface area (Å²) in [6.07, 6.45) is 0.0273. The number of imide groups is 1. The highest BCUT2D eigenvalue weighted by molar-refractivity contribution is 6.09. The largest absolute Gasteiger partial charge is 0.480 e. The van der Waals surface area contributed by atoms with Crippen molar-refractivity contribution in [3.63, 3.8) is 0 Å². The zero-order valence-electron chi connectivity index (χ0n) is 10.8. The fraction of sp³-hybridized carbons (Fsp3) is 0.357. The molecule has 1 unspecified atom stereocenters. The fourth-order valence-electron chi connectivity index (χ4n) is 2.26. The number of carbonyl (C=O) groups is 3. The first-order chi connectivity index (χ1) is 8.85. The predicted molar refractivity (Wildman–Crippen MR) is 67.4 cm³/mol. The van der Waals surface area contributed by atoms with Gasteiger partial charge in [0.25, 0.3) is 0 Å². The third kappa shape index (κ3) is 2.12. The molecule has 1 N–H and O–H groups in total. The topological polar surface area (TPSA) is 74.7 Å². The minimum Gasteiger partial charge on any atom is -0.480 e. The number of rotatable bonds is 3. The number of likely N-dealkylation sites (tertiary alicyclic amines) is 1. The molecule has 0 saturated carbocycles. The molecule has 1 heterocycles. The molecular weight excluding hydrogens is 246 g/mol. The molecule has 1 fully saturated rings. The van der Waals surface area contributed by atoms with E-state index in [1.165, 1.54) is 13.8 Å². The first-order valence-corrected chi connectivity index (χ1v) is 6.01. The second-order valence-corrected chi connectivity index (χ2v) is 5.10. The van der Waals surface area contributed by atoms with Crippen molar-refractivity contribution < 1.29 is 19.5 Å². The molecule has 100 valence electrons. The lowest BCUT2D eigenvalue weighted by Crippen LogP contribution is -2.53. The Morgan fingerprint density at radius 2 is 1.84 bits per heavy atom. The lowest BCUT2D eigenvalue weighted by molar-refractivity contribution is -0.160. The molecule has 0 aromatic heterocycles. The van der Waals surface area contributed by atoms with Crippen molar-refractivity contribution in [2.75, 3.05) is 0 Å². The number of nitrogens with zero attached hydrogens (tertiary/aromatic N) is 1. The highest BCUT2D eigenvalue weighted by Gasteiger charge is 2.49. The third-order valence-corrected chi connectivity index (χ3v) is 3.43. The Kier molecular flexibility index (Phi) is 3.14. The monoisotopic (exact) mass is 261 g/mol. The van der Waals surface area contributed by atoms with Crippen LogP contribution in [0.5, 0.6) is 0 Å². The van der Waals surface area contributed by atoms with Crippen LogP contribution in [0.25, 0.3) is 0 Å². The van der Waals surface area contributed by atoms with E-state index in [0.29, 0.717) is 0 Å². The van der Waals surface area contributed by atoms with E-state index in [2.05, 4.69) is 0 Å². The predicted octanol–water partition coefficient (Wildman–Crippen LogP) is 1.39. The first-order valence-electron chi connectivity index (χ1n) is 6.01. The van der Waals surface area contributed by atoms with E-state index in [1.807, 2.05) is 6.07 Å². The van der Waals surface area contributed by atoms with Gasteiger partial charge in [-0.2, -0.15) is 0 Å². The van der Waals surface area contributed by atoms with Gasteiger partial charge in [-0.25, -0.2) is 4.79 Å². The van der Waals surface area contributed by atoms with E-state index in [9.17, 15) is 14.4 Å². The standard InChI is InChI=1S/C14H15NO4/c1-14(2,13(18)19)15-11(16)8-10(12(15)17)9-6-4-3-5-7-9/h3-7,10H,8H2,1-2H3,(H,18,19). The van der Waals surface area contributed by atoms with Crippen molar-refractivity contribution in [2.45, 2.75) is 31.7 Å². The van der Waals surface area contributed by atoms with E-state index in [4.69, 9.17) is 5.11 Å². The van der Waals surface area contributed by atoms with E-state index >= 15 is 0 Å². The van der Waals surface area contributed by atoms with E-state index in [-0.39, 0.29) is 6.42 Å². The quantitative estimate of drug-likeness (QED) is 0.834. The molecule has 2 amide bonds. The number of carboxylic acid groups (broad SMARTS) is 1. The van der Waals surface area contributed by atoms with Crippen LogP contribution in [0.1, 0.15) is 31.7 Å². The summed E-state index contributed by atoms with van der Waals surface area (Å²) < 4.78 is 0. The lowest BCUT2D eigenvalue weighted by Gasteiger charge is -2.29. The minimum absolute atomic E-state index is 0.0273. The SMILES string of the molecule is CC(C)(C(=O)O)N1C(=O)CC(c2ccccc2)C1=O. The van der Waals surface area contributed by atoms with Crippen LogP contribution in [0, 0.1) is 0 Å². The maximum Gasteiger partial charge on any atom is 0.329 e. The van der Waals surface area contributed by atoms with Gasteiger partial charge in [0, 0.05) is 6.42 Å². The van der Waals surface area contributed by atoms with Crippen molar-refractivity contribution >= 4 is 17.8 Å². The summed E-state index contributed by atoms with van der Waals surface area (Å²) in [5, 5.41) is 9.15. The van der Waals surface area contributed by atoms with Gasteiger partial charge in [0.15, 0.2) is 0 Å². The van der Waals surface area contributed by atoms with Crippen LogP contribution in [-0.2, 0) is 14.4 Å². The molecule has 0 aliphatic carbocycles. The van der Waals surface area contributed by atoms with Crippen molar-refractivity contribution in [3.8, 4) is 0 Å². The Bertz CT molecular complexity index is 536. The highest BCUT2D eigenvalue weighted by atomic mass is 16.4. The fourth-order valence-corrected chi connectivity index (χ4v) is 2.26. The van der Waals surface area contributed by atoms with Gasteiger partial charge in [-0.3, -0.25) is 14.5 Å². The van der Waals surface area contributed by atoms with Gasteiger partial charge < -0.3 is 5.11 Å². The summed E-state index contributed by atoms with van der Waals surface area (Å²) in [6.45, 7) is 2.72. The van der Waals surface area contributed by atoms with Crippen LogP contribution < -0.4 is 0 Å². The van der Waals surface area contributed by atoms with Gasteiger partial charge in [-0.1, -0.05) is 30.3 Å². The number of hydrogen-bond donors (Lipinski definition) is 1. The molecule has 1 aromatic carbocycles. The molecule has 0 radical (unpaired) electrons. The Balaban J connectivity index is 2.35. The van der Waals surface area contributed by atoms with Crippen molar-refractivity contribution in [1.82, 2.24) is 4.90 Å². The summed E-state index contributed by atoms with van der Waals surface area (Å²) in [5.74, 6) is -2.65. The van der Waals surface area contributed by atoms with Crippen molar-refractivity contribution in [1.29, 1.82) is 0 Å². The van der Waals surface area contributed by atoms with Gasteiger partial charge in [-0.15, -0.1) is 0 Å². The van der Waals surface area contributed by atoms with Crippen LogP contribution in [0.15, 0.2) is 30.3 Å². The molecule has 1 aromatic rings. The average Bonchev–Trinajstić information content (AvgIpc) is 2.66. The summed E-state index contributed by atoms with van der Waals surface area (Å²) >= 11 is 0. The van der Waals surface area contributed by atoms with Crippen LogP contribution in [0.3, 0.4) is 0 Å². The molecular formula is C14H15NO4. The molecule has 0 bridgehead atoms. The van der Waals surface area contributed by atoms with Gasteiger partial charge >= 0.3 is 5.97 Å². The zero-order valence-corrected chi connectivity index (χ0v) is 10.8. The Morgan fingerprint density at radius 1 is 1.26 bits per heavy atom. The molecule has 5 heteroatoms. The summed E-state index contributed by atoms with van der Waals surface area (Å²) in [5.41, 5.74) is -0.776. The Labute approximate surface area is 110 Å². The molecule has 1 saturated heterocycles. The van der Waals surface area contributed by atoms with Crippen LogP contribution >= 0.6 is 0 Å². The summed E-state index contributed by atoms with van der Waals surface area (Å²) in [4.78, 5) is 36.3. The molecule has 19 heavy (non-hydrogen) atoms. The number of benzene rings is 1. The Hall–Kier alpha value is -2.17. The molecule has 1 aliphatic rings. The van der Waals surface area contributed by atoms with Gasteiger partial charge in [0.1, 0.15) is 5.54 Å². The number of carboxylic acids is 1. The third-order valence-electron chi connectivity index (χ3n) is 3.43. The van der Waals surface area contributed by atoms with Crippen LogP contribution in [-0.4, -0.2) is 33.3 Å². The maximum absolute atomic E-state index is 12.3. The maximum atomic E-state index is 12.3. The molecule has 1 atom stereocenters. The van der Waals surface area contributed by atoms with Crippen LogP contribution in [0.2, 0.25) is 0 Å². The number of amides is 2. The first kappa shape index (κ1) is 13.3. The zero-order chi connectivity index (χ0) is 14.2. The van der Waals surface area contributed by atoms with Crippen molar-refractivity contribution in [3.05, 3.63) is 35.9 Å². The second-order valence-electron chi connectivity index (χ2n) is 5.10.